The van der Waals surface area contributed by atoms with E-state index in [1.807, 2.05) is 30.3 Å². The molecule has 2 rings (SSSR count). The molecule has 0 aliphatic carbocycles. The molecule has 0 saturated heterocycles. The van der Waals surface area contributed by atoms with Gasteiger partial charge in [0.15, 0.2) is 0 Å². The summed E-state index contributed by atoms with van der Waals surface area (Å²) in [6, 6.07) is 15.5. The van der Waals surface area contributed by atoms with Crippen LogP contribution in [0.3, 0.4) is 0 Å². The number of amides is 2. The third kappa shape index (κ3) is 3.42. The molecule has 0 aromatic heterocycles. The molecule has 0 bridgehead atoms. The van der Waals surface area contributed by atoms with Gasteiger partial charge in [-0.1, -0.05) is 48.5 Å². The molecule has 0 fully saturated rings. The van der Waals surface area contributed by atoms with Crippen LogP contribution in [0.2, 0.25) is 0 Å². The predicted molar refractivity (Wildman–Crippen MR) is 87.4 cm³/mol. The molecule has 120 valence electrons. The van der Waals surface area contributed by atoms with Crippen LogP contribution in [0.15, 0.2) is 54.6 Å². The predicted octanol–water partition coefficient (Wildman–Crippen LogP) is 4.14. The zero-order valence-corrected chi connectivity index (χ0v) is 12.9. The Morgan fingerprint density at radius 2 is 1.43 bits per heavy atom. The molecule has 0 heterocycles. The van der Waals surface area contributed by atoms with Crippen molar-refractivity contribution in [3.8, 4) is 11.1 Å². The Bertz CT molecular complexity index is 701. The monoisotopic (exact) mass is 314 g/mol. The Balaban J connectivity index is 2.62. The smallest absolute Gasteiger partial charge is 0.431 e. The normalized spacial score (nSPS) is 10.4. The third-order valence-electron chi connectivity index (χ3n) is 3.30. The van der Waals surface area contributed by atoms with Crippen LogP contribution in [-0.4, -0.2) is 33.5 Å². The number of benzene rings is 2. The largest absolute Gasteiger partial charge is 0.464 e. The van der Waals surface area contributed by atoms with Crippen LogP contribution in [0.5, 0.6) is 0 Å². The number of hydrogen-bond acceptors (Lipinski definition) is 2. The summed E-state index contributed by atoms with van der Waals surface area (Å²) in [5.41, 5.74) is 1.74. The number of nitrogens with zero attached hydrogens (tertiary/aromatic N) is 2. The summed E-state index contributed by atoms with van der Waals surface area (Å²) in [6.45, 7) is 3.24. The van der Waals surface area contributed by atoms with Crippen molar-refractivity contribution in [3.05, 3.63) is 54.6 Å². The second-order valence-corrected chi connectivity index (χ2v) is 5.20. The highest BCUT2D eigenvalue weighted by Crippen LogP contribution is 2.32. The van der Waals surface area contributed by atoms with E-state index < -0.39 is 18.2 Å². The molecule has 6 nitrogen and oxygen atoms in total. The maximum absolute atomic E-state index is 11.8. The van der Waals surface area contributed by atoms with E-state index in [0.717, 1.165) is 15.6 Å². The molecular formula is C17H18N2O4. The zero-order chi connectivity index (χ0) is 17.0. The van der Waals surface area contributed by atoms with Gasteiger partial charge in [0, 0.05) is 5.56 Å². The fourth-order valence-electron chi connectivity index (χ4n) is 2.37. The zero-order valence-electron chi connectivity index (χ0n) is 12.9. The third-order valence-corrected chi connectivity index (χ3v) is 3.30. The van der Waals surface area contributed by atoms with Crippen LogP contribution in [0.25, 0.3) is 11.1 Å². The summed E-state index contributed by atoms with van der Waals surface area (Å²) in [7, 11) is 0. The Morgan fingerprint density at radius 3 is 1.96 bits per heavy atom. The average Bonchev–Trinajstić information content (AvgIpc) is 2.52. The van der Waals surface area contributed by atoms with Crippen molar-refractivity contribution in [1.29, 1.82) is 0 Å². The fourth-order valence-corrected chi connectivity index (χ4v) is 2.37. The van der Waals surface area contributed by atoms with E-state index in [2.05, 4.69) is 0 Å². The lowest BCUT2D eigenvalue weighted by atomic mass is 10.0. The molecule has 0 saturated carbocycles. The van der Waals surface area contributed by atoms with E-state index in [1.54, 1.807) is 38.1 Å². The molecule has 2 amide bonds. The van der Waals surface area contributed by atoms with Gasteiger partial charge in [0.2, 0.25) is 0 Å². The quantitative estimate of drug-likeness (QED) is 0.834. The lowest BCUT2D eigenvalue weighted by Crippen LogP contribution is -2.52. The maximum atomic E-state index is 11.8. The first kappa shape index (κ1) is 16.4. The van der Waals surface area contributed by atoms with Gasteiger partial charge < -0.3 is 10.2 Å². The minimum absolute atomic E-state index is 0.294. The van der Waals surface area contributed by atoms with Gasteiger partial charge in [-0.15, -0.1) is 0 Å². The van der Waals surface area contributed by atoms with E-state index in [1.165, 1.54) is 0 Å². The number of hydrazine groups is 1. The van der Waals surface area contributed by atoms with Gasteiger partial charge in [0.25, 0.3) is 0 Å². The van der Waals surface area contributed by atoms with Crippen molar-refractivity contribution < 1.29 is 19.8 Å². The molecule has 6 heteroatoms. The molecule has 2 N–H and O–H groups in total. The molecule has 0 atom stereocenters. The Hall–Kier alpha value is -3.02. The molecule has 0 radical (unpaired) electrons. The first-order valence-electron chi connectivity index (χ1n) is 7.13. The summed E-state index contributed by atoms with van der Waals surface area (Å²) >= 11 is 0. The van der Waals surface area contributed by atoms with Crippen LogP contribution in [0.1, 0.15) is 13.8 Å². The number of hydrogen-bond donors (Lipinski definition) is 2. The van der Waals surface area contributed by atoms with E-state index in [-0.39, 0.29) is 0 Å². The second kappa shape index (κ2) is 6.83. The van der Waals surface area contributed by atoms with E-state index >= 15 is 0 Å². The van der Waals surface area contributed by atoms with Gasteiger partial charge in [-0.05, 0) is 25.5 Å². The maximum Gasteiger partial charge on any atom is 0.431 e. The van der Waals surface area contributed by atoms with Gasteiger partial charge in [-0.3, -0.25) is 0 Å². The first-order valence-corrected chi connectivity index (χ1v) is 7.13. The van der Waals surface area contributed by atoms with Crippen LogP contribution < -0.4 is 5.01 Å². The molecule has 0 aliphatic heterocycles. The van der Waals surface area contributed by atoms with Gasteiger partial charge in [0.05, 0.1) is 11.7 Å². The van der Waals surface area contributed by atoms with Crippen molar-refractivity contribution in [3.63, 3.8) is 0 Å². The van der Waals surface area contributed by atoms with Crippen molar-refractivity contribution in [2.45, 2.75) is 19.9 Å². The lowest BCUT2D eigenvalue weighted by molar-refractivity contribution is 0.117. The number of carbonyl (C=O) groups is 2. The number of rotatable bonds is 3. The molecule has 2 aromatic carbocycles. The van der Waals surface area contributed by atoms with E-state index in [0.29, 0.717) is 11.3 Å². The van der Waals surface area contributed by atoms with E-state index in [9.17, 15) is 19.8 Å². The molecule has 23 heavy (non-hydrogen) atoms. The number of anilines is 1. The number of para-hydroxylation sites is 1. The van der Waals surface area contributed by atoms with Gasteiger partial charge >= 0.3 is 12.2 Å². The number of carboxylic acid groups (broad SMARTS) is 2. The second-order valence-electron chi connectivity index (χ2n) is 5.20. The summed E-state index contributed by atoms with van der Waals surface area (Å²) in [4.78, 5) is 23.3. The standard InChI is InChI=1S/C17H18N2O4/c1-12(2)18(16(20)21)19(17(22)23)15-11-7-6-10-14(15)13-8-4-3-5-9-13/h3-12H,1-2H3,(H,20,21)(H,22,23). The highest BCUT2D eigenvalue weighted by atomic mass is 16.4. The van der Waals surface area contributed by atoms with Gasteiger partial charge in [-0.25, -0.2) is 14.6 Å². The molecular weight excluding hydrogens is 296 g/mol. The van der Waals surface area contributed by atoms with Crippen molar-refractivity contribution >= 4 is 17.9 Å². The van der Waals surface area contributed by atoms with Crippen molar-refractivity contribution in [1.82, 2.24) is 5.01 Å². The first-order chi connectivity index (χ1) is 10.9. The minimum Gasteiger partial charge on any atom is -0.464 e. The van der Waals surface area contributed by atoms with Crippen LogP contribution in [-0.2, 0) is 0 Å². The van der Waals surface area contributed by atoms with Crippen molar-refractivity contribution in [2.75, 3.05) is 5.01 Å². The topological polar surface area (TPSA) is 81.1 Å². The van der Waals surface area contributed by atoms with E-state index in [4.69, 9.17) is 0 Å². The molecule has 0 unspecified atom stereocenters. The van der Waals surface area contributed by atoms with Gasteiger partial charge in [-0.2, -0.15) is 5.01 Å². The van der Waals surface area contributed by atoms with Crippen LogP contribution in [0.4, 0.5) is 15.3 Å². The summed E-state index contributed by atoms with van der Waals surface area (Å²) in [5, 5.41) is 20.6. The average molecular weight is 314 g/mol. The SMILES string of the molecule is CC(C)N(C(=O)O)N(C(=O)O)c1ccccc1-c1ccccc1. The highest BCUT2D eigenvalue weighted by Gasteiger charge is 2.31. The lowest BCUT2D eigenvalue weighted by Gasteiger charge is -2.34. The van der Waals surface area contributed by atoms with Crippen LogP contribution >= 0.6 is 0 Å². The Morgan fingerprint density at radius 1 is 0.870 bits per heavy atom. The molecule has 0 spiro atoms. The van der Waals surface area contributed by atoms with Crippen molar-refractivity contribution in [2.24, 2.45) is 0 Å². The summed E-state index contributed by atoms with van der Waals surface area (Å²) in [5.74, 6) is 0. The fraction of sp³-hybridized carbons (Fsp3) is 0.176. The minimum atomic E-state index is -1.36. The Labute approximate surface area is 134 Å². The molecule has 0 aliphatic rings. The summed E-state index contributed by atoms with van der Waals surface area (Å²) < 4.78 is 0. The van der Waals surface area contributed by atoms with Crippen LogP contribution in [0, 0.1) is 0 Å². The molecule has 2 aromatic rings. The Kier molecular flexibility index (Phi) is 4.85. The summed E-state index contributed by atoms with van der Waals surface area (Å²) in [6.07, 6.45) is -2.69. The van der Waals surface area contributed by atoms with Gasteiger partial charge in [0.1, 0.15) is 0 Å². The highest BCUT2D eigenvalue weighted by molar-refractivity contribution is 5.94.